The molecule has 0 bridgehead atoms. The molecule has 8 N–H and O–H groups in total. The van der Waals surface area contributed by atoms with Crippen molar-refractivity contribution < 1.29 is 9.59 Å². The van der Waals surface area contributed by atoms with Gasteiger partial charge in [-0.3, -0.25) is 9.59 Å². The molecule has 8 heteroatoms. The van der Waals surface area contributed by atoms with Gasteiger partial charge in [-0.15, -0.1) is 0 Å². The van der Waals surface area contributed by atoms with Crippen LogP contribution in [0.5, 0.6) is 0 Å². The summed E-state index contributed by atoms with van der Waals surface area (Å²) in [6.45, 7) is 0. The Morgan fingerprint density at radius 2 is 1.05 bits per heavy atom. The van der Waals surface area contributed by atoms with Crippen LogP contribution in [0.25, 0.3) is 10.8 Å². The molecular formula is C14H14N6O2. The molecule has 2 amide bonds. The molecule has 0 saturated carbocycles. The molecule has 2 rings (SSSR count). The van der Waals surface area contributed by atoms with Gasteiger partial charge in [-0.25, -0.2) is 0 Å². The van der Waals surface area contributed by atoms with Crippen LogP contribution in [0, 0.1) is 0 Å². The van der Waals surface area contributed by atoms with Gasteiger partial charge in [0, 0.05) is 11.1 Å². The fraction of sp³-hybridized carbons (Fsp3) is 0. The lowest BCUT2D eigenvalue weighted by Gasteiger charge is -2.07. The highest BCUT2D eigenvalue weighted by atomic mass is 16.2. The summed E-state index contributed by atoms with van der Waals surface area (Å²) in [5.74, 6) is -1.88. The van der Waals surface area contributed by atoms with Crippen LogP contribution in [0.1, 0.15) is 20.7 Å². The van der Waals surface area contributed by atoms with Gasteiger partial charge in [0.2, 0.25) is 0 Å². The quantitative estimate of drug-likeness (QED) is 0.438. The molecule has 112 valence electrons. The molecule has 22 heavy (non-hydrogen) atoms. The van der Waals surface area contributed by atoms with E-state index in [1.165, 1.54) is 12.1 Å². The first-order valence-electron chi connectivity index (χ1n) is 6.20. The Kier molecular flexibility index (Phi) is 4.03. The number of nitrogens with zero attached hydrogens (tertiary/aromatic N) is 2. The van der Waals surface area contributed by atoms with Crippen molar-refractivity contribution in [2.75, 3.05) is 0 Å². The van der Waals surface area contributed by atoms with Crippen LogP contribution in [0.2, 0.25) is 0 Å². The molecule has 2 aromatic carbocycles. The van der Waals surface area contributed by atoms with E-state index in [1.54, 1.807) is 24.3 Å². The van der Waals surface area contributed by atoms with Crippen LogP contribution in [0.15, 0.2) is 46.4 Å². The van der Waals surface area contributed by atoms with Crippen LogP contribution < -0.4 is 22.9 Å². The van der Waals surface area contributed by atoms with E-state index in [9.17, 15) is 9.59 Å². The normalized spacial score (nSPS) is 10.0. The lowest BCUT2D eigenvalue weighted by atomic mass is 9.99. The fourth-order valence-corrected chi connectivity index (χ4v) is 2.03. The number of hydrogen-bond acceptors (Lipinski definition) is 2. The van der Waals surface area contributed by atoms with Crippen molar-refractivity contribution in [1.82, 2.24) is 0 Å². The van der Waals surface area contributed by atoms with Gasteiger partial charge in [-0.1, -0.05) is 24.3 Å². The van der Waals surface area contributed by atoms with Crippen molar-refractivity contribution in [3.05, 3.63) is 47.5 Å². The third-order valence-corrected chi connectivity index (χ3v) is 2.85. The SMILES string of the molecule is NC(N)=NC(=O)c1ccc(C(=O)N=C(N)N)c2ccccc12. The largest absolute Gasteiger partial charge is 0.370 e. The Morgan fingerprint density at radius 1 is 0.682 bits per heavy atom. The fourth-order valence-electron chi connectivity index (χ4n) is 2.03. The Labute approximate surface area is 125 Å². The predicted molar refractivity (Wildman–Crippen MR) is 84.2 cm³/mol. The van der Waals surface area contributed by atoms with Crippen LogP contribution in [0.4, 0.5) is 0 Å². The number of rotatable bonds is 2. The summed E-state index contributed by atoms with van der Waals surface area (Å²) >= 11 is 0. The maximum absolute atomic E-state index is 12.0. The van der Waals surface area contributed by atoms with E-state index in [-0.39, 0.29) is 23.0 Å². The minimum atomic E-state index is -0.600. The summed E-state index contributed by atoms with van der Waals surface area (Å²) in [6.07, 6.45) is 0. The van der Waals surface area contributed by atoms with E-state index in [2.05, 4.69) is 9.98 Å². The van der Waals surface area contributed by atoms with Crippen LogP contribution in [-0.2, 0) is 0 Å². The predicted octanol–water partition coefficient (Wildman–Crippen LogP) is -0.333. The van der Waals surface area contributed by atoms with E-state index >= 15 is 0 Å². The van der Waals surface area contributed by atoms with Gasteiger partial charge in [0.1, 0.15) is 0 Å². The molecule has 0 saturated heterocycles. The Hall–Kier alpha value is -3.42. The summed E-state index contributed by atoms with van der Waals surface area (Å²) in [4.78, 5) is 31.1. The van der Waals surface area contributed by atoms with Crippen LogP contribution >= 0.6 is 0 Å². The van der Waals surface area contributed by atoms with Crippen molar-refractivity contribution in [2.45, 2.75) is 0 Å². The number of hydrogen-bond donors (Lipinski definition) is 4. The standard InChI is InChI=1S/C14H14N6O2/c15-13(16)19-11(21)9-5-6-10(12(22)20-14(17)18)8-4-2-1-3-7(8)9/h1-6H,(H4,15,16,19,21)(H4,17,18,20,22). The van der Waals surface area contributed by atoms with Crippen LogP contribution in [0.3, 0.4) is 0 Å². The van der Waals surface area contributed by atoms with E-state index < -0.39 is 11.8 Å². The first-order chi connectivity index (χ1) is 10.4. The summed E-state index contributed by atoms with van der Waals surface area (Å²) in [5, 5.41) is 1.04. The Balaban J connectivity index is 2.67. The minimum Gasteiger partial charge on any atom is -0.370 e. The molecule has 0 aromatic heterocycles. The zero-order valence-corrected chi connectivity index (χ0v) is 11.5. The average molecular weight is 298 g/mol. The van der Waals surface area contributed by atoms with Gasteiger partial charge >= 0.3 is 0 Å². The monoisotopic (exact) mass is 298 g/mol. The number of carbonyl (C=O) groups is 2. The summed E-state index contributed by atoms with van der Waals surface area (Å²) in [6, 6.07) is 9.71. The van der Waals surface area contributed by atoms with E-state index in [4.69, 9.17) is 22.9 Å². The molecule has 0 radical (unpaired) electrons. The molecule has 0 heterocycles. The molecule has 0 unspecified atom stereocenters. The molecule has 0 aliphatic rings. The van der Waals surface area contributed by atoms with Crippen molar-refractivity contribution in [2.24, 2.45) is 32.9 Å². The maximum atomic E-state index is 12.0. The van der Waals surface area contributed by atoms with E-state index in [1.807, 2.05) is 0 Å². The number of benzene rings is 2. The second kappa shape index (κ2) is 5.92. The van der Waals surface area contributed by atoms with Gasteiger partial charge in [-0.05, 0) is 22.9 Å². The Bertz CT molecular complexity index is 749. The van der Waals surface area contributed by atoms with Gasteiger partial charge in [-0.2, -0.15) is 9.98 Å². The second-order valence-corrected chi connectivity index (χ2v) is 4.39. The molecule has 0 aliphatic carbocycles. The molecule has 0 spiro atoms. The molecular weight excluding hydrogens is 284 g/mol. The van der Waals surface area contributed by atoms with Crippen molar-refractivity contribution in [3.63, 3.8) is 0 Å². The van der Waals surface area contributed by atoms with Crippen molar-refractivity contribution in [3.8, 4) is 0 Å². The summed E-state index contributed by atoms with van der Waals surface area (Å²) in [7, 11) is 0. The van der Waals surface area contributed by atoms with Crippen LogP contribution in [-0.4, -0.2) is 23.7 Å². The maximum Gasteiger partial charge on any atom is 0.280 e. The summed E-state index contributed by atoms with van der Waals surface area (Å²) < 4.78 is 0. The minimum absolute atomic E-state index is 0.269. The highest BCUT2D eigenvalue weighted by Crippen LogP contribution is 2.24. The highest BCUT2D eigenvalue weighted by molar-refractivity contribution is 6.16. The topological polar surface area (TPSA) is 163 Å². The molecule has 2 aromatic rings. The number of guanidine groups is 2. The van der Waals surface area contributed by atoms with Gasteiger partial charge < -0.3 is 22.9 Å². The summed E-state index contributed by atoms with van der Waals surface area (Å²) in [5.41, 5.74) is 21.4. The van der Waals surface area contributed by atoms with Gasteiger partial charge in [0.05, 0.1) is 0 Å². The number of fused-ring (bicyclic) bond motifs is 1. The number of nitrogens with two attached hydrogens (primary N) is 4. The first-order valence-corrected chi connectivity index (χ1v) is 6.20. The highest BCUT2D eigenvalue weighted by Gasteiger charge is 2.15. The number of aliphatic imine (C=N–C) groups is 2. The zero-order valence-electron chi connectivity index (χ0n) is 11.5. The lowest BCUT2D eigenvalue weighted by Crippen LogP contribution is -2.24. The smallest absolute Gasteiger partial charge is 0.280 e. The third-order valence-electron chi connectivity index (χ3n) is 2.85. The van der Waals surface area contributed by atoms with E-state index in [0.717, 1.165) is 0 Å². The number of carbonyl (C=O) groups excluding carboxylic acids is 2. The third kappa shape index (κ3) is 3.01. The number of amides is 2. The van der Waals surface area contributed by atoms with E-state index in [0.29, 0.717) is 10.8 Å². The molecule has 0 aliphatic heterocycles. The van der Waals surface area contributed by atoms with Gasteiger partial charge in [0.25, 0.3) is 11.8 Å². The van der Waals surface area contributed by atoms with Crippen molar-refractivity contribution >= 4 is 34.5 Å². The van der Waals surface area contributed by atoms with Gasteiger partial charge in [0.15, 0.2) is 11.9 Å². The molecule has 0 atom stereocenters. The average Bonchev–Trinajstić information content (AvgIpc) is 2.44. The zero-order chi connectivity index (χ0) is 16.3. The molecule has 8 nitrogen and oxygen atoms in total. The molecule has 0 fully saturated rings. The first kappa shape index (κ1) is 15.0. The van der Waals surface area contributed by atoms with Crippen molar-refractivity contribution in [1.29, 1.82) is 0 Å². The lowest BCUT2D eigenvalue weighted by molar-refractivity contribution is 0.0993. The second-order valence-electron chi connectivity index (χ2n) is 4.39. The Morgan fingerprint density at radius 3 is 1.36 bits per heavy atom.